The van der Waals surface area contributed by atoms with E-state index in [9.17, 15) is 17.6 Å². The Morgan fingerprint density at radius 3 is 2.45 bits per heavy atom. The molecule has 0 aromatic heterocycles. The predicted molar refractivity (Wildman–Crippen MR) is 69.8 cm³/mol. The molecule has 2 rings (SSSR count). The van der Waals surface area contributed by atoms with E-state index in [4.69, 9.17) is 10.0 Å². The molecule has 1 heterocycles. The molecule has 1 fully saturated rings. The maximum absolute atomic E-state index is 13.3. The summed E-state index contributed by atoms with van der Waals surface area (Å²) >= 11 is 0. The van der Waals surface area contributed by atoms with Crippen molar-refractivity contribution in [1.29, 1.82) is 0 Å². The Balaban J connectivity index is 2.29. The Morgan fingerprint density at radius 1 is 1.35 bits per heavy atom. The van der Waals surface area contributed by atoms with E-state index >= 15 is 0 Å². The number of halogens is 1. The van der Waals surface area contributed by atoms with Crippen LogP contribution in [0.5, 0.6) is 0 Å². The Kier molecular flexibility index (Phi) is 3.39. The van der Waals surface area contributed by atoms with E-state index in [0.717, 1.165) is 12.1 Å². The van der Waals surface area contributed by atoms with Crippen molar-refractivity contribution in [1.82, 2.24) is 4.31 Å². The lowest BCUT2D eigenvalue weighted by molar-refractivity contribution is -0.132. The van der Waals surface area contributed by atoms with Crippen molar-refractivity contribution in [2.75, 3.05) is 0 Å². The summed E-state index contributed by atoms with van der Waals surface area (Å²) in [6.45, 7) is 2.37. The molecule has 0 unspecified atom stereocenters. The minimum atomic E-state index is -3.73. The second kappa shape index (κ2) is 4.54. The van der Waals surface area contributed by atoms with E-state index in [0.29, 0.717) is 9.87 Å². The third kappa shape index (κ3) is 2.02. The highest BCUT2D eigenvalue weighted by atomic mass is 32.2. The fraction of sp³-hybridized carbons (Fsp3) is 0.364. The van der Waals surface area contributed by atoms with Gasteiger partial charge in [-0.05, 0) is 25.5 Å². The second-order valence-corrected chi connectivity index (χ2v) is 7.47. The molecule has 6 nitrogen and oxygen atoms in total. The molecule has 0 radical (unpaired) electrons. The van der Waals surface area contributed by atoms with Gasteiger partial charge in [0.15, 0.2) is 4.75 Å². The number of benzene rings is 1. The van der Waals surface area contributed by atoms with Crippen molar-refractivity contribution in [3.05, 3.63) is 29.6 Å². The zero-order chi connectivity index (χ0) is 15.3. The van der Waals surface area contributed by atoms with Crippen LogP contribution in [0.15, 0.2) is 18.2 Å². The molecular weight excluding hydrogens is 288 g/mol. The molecule has 1 aliphatic heterocycles. The molecule has 1 amide bonds. The summed E-state index contributed by atoms with van der Waals surface area (Å²) in [6.07, 6.45) is 0. The Labute approximate surface area is 116 Å². The molecule has 1 aromatic rings. The molecule has 1 aromatic carbocycles. The van der Waals surface area contributed by atoms with Gasteiger partial charge in [-0.25, -0.2) is 17.1 Å². The van der Waals surface area contributed by atoms with Crippen molar-refractivity contribution in [2.45, 2.75) is 25.1 Å². The third-order valence-electron chi connectivity index (χ3n) is 3.34. The highest BCUT2D eigenvalue weighted by Gasteiger charge is 2.59. The third-order valence-corrected chi connectivity index (χ3v) is 5.68. The topological polar surface area (TPSA) is 94.9 Å². The summed E-state index contributed by atoms with van der Waals surface area (Å²) < 4.78 is 36.3. The van der Waals surface area contributed by atoms with Crippen molar-refractivity contribution in [2.24, 2.45) is 0 Å². The number of carbonyl (C=O) groups is 1. The van der Waals surface area contributed by atoms with Crippen molar-refractivity contribution < 1.29 is 27.7 Å². The van der Waals surface area contributed by atoms with Gasteiger partial charge < -0.3 is 10.0 Å². The van der Waals surface area contributed by atoms with Gasteiger partial charge >= 0.3 is 7.12 Å². The molecule has 0 aliphatic carbocycles. The van der Waals surface area contributed by atoms with E-state index in [2.05, 4.69) is 0 Å². The minimum absolute atomic E-state index is 0.259. The standard InChI is InChI=1S/C11H13BFNO5S/c1-11(2)10(15)14(20(11,18)19)6-7-3-4-9(13)8(5-7)12(16)17/h3-5,16-17H,6H2,1-2H3. The molecule has 108 valence electrons. The fourth-order valence-electron chi connectivity index (χ4n) is 1.97. The van der Waals surface area contributed by atoms with Gasteiger partial charge in [0.05, 0.1) is 6.54 Å². The molecule has 0 bridgehead atoms. The van der Waals surface area contributed by atoms with Crippen LogP contribution in [0.1, 0.15) is 19.4 Å². The van der Waals surface area contributed by atoms with Gasteiger partial charge in [-0.15, -0.1) is 0 Å². The largest absolute Gasteiger partial charge is 0.491 e. The molecular formula is C11H13BFNO5S. The number of hydrogen-bond donors (Lipinski definition) is 2. The molecule has 9 heteroatoms. The van der Waals surface area contributed by atoms with Gasteiger partial charge in [-0.3, -0.25) is 4.79 Å². The number of nitrogens with zero attached hydrogens (tertiary/aromatic N) is 1. The first-order chi connectivity index (χ1) is 9.09. The highest BCUT2D eigenvalue weighted by molar-refractivity contribution is 7.94. The van der Waals surface area contributed by atoms with E-state index in [1.54, 1.807) is 0 Å². The van der Waals surface area contributed by atoms with Crippen LogP contribution in [0, 0.1) is 5.82 Å². The van der Waals surface area contributed by atoms with Crippen molar-refractivity contribution in [3.8, 4) is 0 Å². The molecule has 1 saturated heterocycles. The summed E-state index contributed by atoms with van der Waals surface area (Å²) in [7, 11) is -5.73. The quantitative estimate of drug-likeness (QED) is 0.695. The van der Waals surface area contributed by atoms with Crippen LogP contribution in [0.4, 0.5) is 4.39 Å². The smallest absolute Gasteiger partial charge is 0.423 e. The summed E-state index contributed by atoms with van der Waals surface area (Å²) in [6, 6.07) is 3.40. The first-order valence-electron chi connectivity index (χ1n) is 5.80. The van der Waals surface area contributed by atoms with Crippen LogP contribution in [0.2, 0.25) is 0 Å². The number of hydrogen-bond acceptors (Lipinski definition) is 5. The van der Waals surface area contributed by atoms with E-state index in [-0.39, 0.29) is 12.0 Å². The maximum Gasteiger partial charge on any atom is 0.491 e. The van der Waals surface area contributed by atoms with E-state index < -0.39 is 33.6 Å². The lowest BCUT2D eigenvalue weighted by Gasteiger charge is -2.43. The van der Waals surface area contributed by atoms with Crippen LogP contribution in [-0.4, -0.2) is 40.5 Å². The summed E-state index contributed by atoms with van der Waals surface area (Å²) in [5.74, 6) is -1.37. The van der Waals surface area contributed by atoms with Crippen LogP contribution in [0.3, 0.4) is 0 Å². The Hall–Kier alpha value is -1.45. The molecule has 0 spiro atoms. The van der Waals surface area contributed by atoms with Crippen LogP contribution < -0.4 is 5.46 Å². The zero-order valence-electron chi connectivity index (χ0n) is 10.9. The van der Waals surface area contributed by atoms with Crippen molar-refractivity contribution >= 4 is 28.5 Å². The highest BCUT2D eigenvalue weighted by Crippen LogP contribution is 2.35. The first-order valence-corrected chi connectivity index (χ1v) is 7.24. The van der Waals surface area contributed by atoms with Gasteiger partial charge in [0.1, 0.15) is 5.82 Å². The average Bonchev–Trinajstić information content (AvgIpc) is 2.36. The molecule has 1 aliphatic rings. The van der Waals surface area contributed by atoms with Crippen LogP contribution >= 0.6 is 0 Å². The van der Waals surface area contributed by atoms with Gasteiger partial charge in [0.25, 0.3) is 15.9 Å². The number of sulfonamides is 1. The van der Waals surface area contributed by atoms with Crippen LogP contribution in [0.25, 0.3) is 0 Å². The number of rotatable bonds is 3. The maximum atomic E-state index is 13.3. The van der Waals surface area contributed by atoms with Gasteiger partial charge in [0, 0.05) is 5.46 Å². The van der Waals surface area contributed by atoms with E-state index in [1.165, 1.54) is 19.9 Å². The summed E-state index contributed by atoms with van der Waals surface area (Å²) in [4.78, 5) is 11.8. The lowest BCUT2D eigenvalue weighted by atomic mass is 9.79. The van der Waals surface area contributed by atoms with Gasteiger partial charge in [-0.2, -0.15) is 0 Å². The lowest BCUT2D eigenvalue weighted by Crippen LogP contribution is -2.66. The molecule has 20 heavy (non-hydrogen) atoms. The van der Waals surface area contributed by atoms with E-state index in [1.807, 2.05) is 0 Å². The van der Waals surface area contributed by atoms with Gasteiger partial charge in [-0.1, -0.05) is 12.1 Å². The zero-order valence-corrected chi connectivity index (χ0v) is 11.7. The predicted octanol–water partition coefficient (Wildman–Crippen LogP) is -1.04. The Morgan fingerprint density at radius 2 is 1.95 bits per heavy atom. The second-order valence-electron chi connectivity index (χ2n) is 5.06. The van der Waals surface area contributed by atoms with Gasteiger partial charge in [0.2, 0.25) is 0 Å². The molecule has 2 N–H and O–H groups in total. The number of carbonyl (C=O) groups excluding carboxylic acids is 1. The van der Waals surface area contributed by atoms with Crippen LogP contribution in [-0.2, 0) is 21.4 Å². The average molecular weight is 301 g/mol. The SMILES string of the molecule is CC1(C)C(=O)N(Cc2ccc(F)c(B(O)O)c2)S1(=O)=O. The molecule has 0 saturated carbocycles. The monoisotopic (exact) mass is 301 g/mol. The number of amides is 1. The first kappa shape index (κ1) is 15.0. The fourth-order valence-corrected chi connectivity index (χ4v) is 3.48. The minimum Gasteiger partial charge on any atom is -0.423 e. The summed E-state index contributed by atoms with van der Waals surface area (Å²) in [5, 5.41) is 18.0. The summed E-state index contributed by atoms with van der Waals surface area (Å²) in [5.41, 5.74) is -0.0749. The molecule has 0 atom stereocenters. The normalized spacial score (nSPS) is 19.6. The Bertz CT molecular complexity index is 673. The van der Waals surface area contributed by atoms with Crippen molar-refractivity contribution in [3.63, 3.8) is 0 Å².